The van der Waals surface area contributed by atoms with Crippen molar-refractivity contribution in [3.8, 4) is 11.5 Å². The lowest BCUT2D eigenvalue weighted by Gasteiger charge is -2.34. The number of carbonyl (C=O) groups excluding carboxylic acids is 1. The van der Waals surface area contributed by atoms with Crippen LogP contribution in [-0.4, -0.2) is 20.5 Å². The van der Waals surface area contributed by atoms with Crippen LogP contribution in [0.1, 0.15) is 37.2 Å². The van der Waals surface area contributed by atoms with E-state index in [1.807, 2.05) is 66.2 Å². The molecule has 0 bridgehead atoms. The number of benzene rings is 2. The number of fused-ring (bicyclic) bond motifs is 1. The zero-order valence-electron chi connectivity index (χ0n) is 16.4. The molecule has 1 N–H and O–H groups in total. The van der Waals surface area contributed by atoms with Gasteiger partial charge in [-0.2, -0.15) is 10.1 Å². The van der Waals surface area contributed by atoms with Gasteiger partial charge in [0.15, 0.2) is 5.78 Å². The molecule has 3 aromatic rings. The third-order valence-corrected chi connectivity index (χ3v) is 5.38. The van der Waals surface area contributed by atoms with Crippen LogP contribution in [-0.2, 0) is 4.79 Å². The molecular weight excluding hydrogens is 364 g/mol. The van der Waals surface area contributed by atoms with Gasteiger partial charge in [0, 0.05) is 17.7 Å². The molecule has 0 saturated carbocycles. The number of Topliss-reactive ketones (excluding diaryl/α,β-unsaturated/α-hetero) is 1. The van der Waals surface area contributed by atoms with Gasteiger partial charge in [-0.3, -0.25) is 4.79 Å². The first-order chi connectivity index (χ1) is 14.1. The Balaban J connectivity index is 1.59. The fraction of sp³-hybridized carbons (Fsp3) is 0.261. The minimum absolute atomic E-state index is 0.171. The van der Waals surface area contributed by atoms with Gasteiger partial charge in [0.05, 0.1) is 0 Å². The van der Waals surface area contributed by atoms with Crippen molar-refractivity contribution in [1.29, 1.82) is 0 Å². The summed E-state index contributed by atoms with van der Waals surface area (Å²) in [6.07, 6.45) is 1.39. The predicted octanol–water partition coefficient (Wildman–Crippen LogP) is 4.65. The maximum Gasteiger partial charge on any atom is 0.226 e. The number of hydrogen-bond acceptors (Lipinski definition) is 5. The molecule has 146 valence electrons. The highest BCUT2D eigenvalue weighted by Gasteiger charge is 2.38. The van der Waals surface area contributed by atoms with Gasteiger partial charge in [-0.05, 0) is 49.1 Å². The summed E-state index contributed by atoms with van der Waals surface area (Å²) < 4.78 is 7.84. The van der Waals surface area contributed by atoms with Crippen LogP contribution < -0.4 is 10.1 Å². The van der Waals surface area contributed by atoms with Crippen LogP contribution in [0.3, 0.4) is 0 Å². The molecule has 0 saturated heterocycles. The van der Waals surface area contributed by atoms with E-state index in [1.165, 1.54) is 0 Å². The molecule has 1 aromatic heterocycles. The summed E-state index contributed by atoms with van der Waals surface area (Å²) in [5.41, 5.74) is 2.71. The highest BCUT2D eigenvalue weighted by molar-refractivity contribution is 5.99. The maximum absolute atomic E-state index is 13.0. The predicted molar refractivity (Wildman–Crippen MR) is 110 cm³/mol. The van der Waals surface area contributed by atoms with Crippen LogP contribution in [0.15, 0.2) is 65.9 Å². The Labute approximate surface area is 169 Å². The number of carbonyl (C=O) groups is 1. The number of anilines is 1. The zero-order valence-corrected chi connectivity index (χ0v) is 16.4. The number of aryl methyl sites for hydroxylation is 1. The first-order valence-electron chi connectivity index (χ1n) is 9.88. The van der Waals surface area contributed by atoms with E-state index in [1.54, 1.807) is 0 Å². The summed E-state index contributed by atoms with van der Waals surface area (Å²) in [5, 5.41) is 7.93. The molecule has 2 heterocycles. The average molecular weight is 386 g/mol. The smallest absolute Gasteiger partial charge is 0.226 e. The van der Waals surface area contributed by atoms with Crippen LogP contribution in [0.5, 0.6) is 11.5 Å². The maximum atomic E-state index is 13.0. The fourth-order valence-electron chi connectivity index (χ4n) is 4.19. The lowest BCUT2D eigenvalue weighted by atomic mass is 9.81. The molecule has 0 fully saturated rings. The first kappa shape index (κ1) is 17.7. The van der Waals surface area contributed by atoms with E-state index in [-0.39, 0.29) is 11.8 Å². The second kappa shape index (κ2) is 6.88. The molecule has 0 radical (unpaired) electrons. The van der Waals surface area contributed by atoms with Crippen LogP contribution >= 0.6 is 0 Å². The van der Waals surface area contributed by atoms with Crippen molar-refractivity contribution in [1.82, 2.24) is 14.8 Å². The molecule has 6 heteroatoms. The molecule has 2 aliphatic rings. The Kier molecular flexibility index (Phi) is 4.19. The lowest BCUT2D eigenvalue weighted by Crippen LogP contribution is -2.33. The van der Waals surface area contributed by atoms with Crippen LogP contribution in [0.2, 0.25) is 0 Å². The number of allylic oxidation sites excluding steroid dienone is 2. The summed E-state index contributed by atoms with van der Waals surface area (Å²) in [4.78, 5) is 17.5. The summed E-state index contributed by atoms with van der Waals surface area (Å²) in [5.74, 6) is 3.35. The molecule has 6 nitrogen and oxygen atoms in total. The van der Waals surface area contributed by atoms with Crippen molar-refractivity contribution in [2.24, 2.45) is 5.92 Å². The third-order valence-electron chi connectivity index (χ3n) is 5.38. The number of ether oxygens (including phenoxy) is 1. The van der Waals surface area contributed by atoms with Gasteiger partial charge in [0.2, 0.25) is 5.95 Å². The minimum Gasteiger partial charge on any atom is -0.457 e. The van der Waals surface area contributed by atoms with Gasteiger partial charge in [0.25, 0.3) is 0 Å². The van der Waals surface area contributed by atoms with E-state index in [4.69, 9.17) is 4.74 Å². The average Bonchev–Trinajstić information content (AvgIpc) is 3.06. The van der Waals surface area contributed by atoms with Crippen LogP contribution in [0.25, 0.3) is 0 Å². The summed E-state index contributed by atoms with van der Waals surface area (Å²) in [6.45, 7) is 3.97. The molecule has 1 aliphatic carbocycles. The lowest BCUT2D eigenvalue weighted by molar-refractivity contribution is -0.117. The standard InChI is InChI=1S/C23H22N4O2/c1-14-11-19-21(20(28)12-14)22(27-23(25-19)24-15(2)26-27)16-7-6-10-18(13-16)29-17-8-4-3-5-9-17/h3-10,13-14,22H,11-12H2,1-2H3,(H,24,25,26)/t14-,22-/m1/s1. The molecule has 0 unspecified atom stereocenters. The molecule has 29 heavy (non-hydrogen) atoms. The number of nitrogens with one attached hydrogen (secondary N) is 1. The number of ketones is 1. The molecule has 2 aromatic carbocycles. The van der Waals surface area contributed by atoms with E-state index < -0.39 is 0 Å². The van der Waals surface area contributed by atoms with Gasteiger partial charge in [0.1, 0.15) is 23.4 Å². The largest absolute Gasteiger partial charge is 0.457 e. The first-order valence-corrected chi connectivity index (χ1v) is 9.88. The van der Waals surface area contributed by atoms with Gasteiger partial charge < -0.3 is 10.1 Å². The molecule has 0 amide bonds. The van der Waals surface area contributed by atoms with E-state index in [2.05, 4.69) is 22.3 Å². The van der Waals surface area contributed by atoms with E-state index in [0.717, 1.165) is 34.8 Å². The van der Waals surface area contributed by atoms with Gasteiger partial charge in [-0.1, -0.05) is 37.3 Å². The van der Waals surface area contributed by atoms with Gasteiger partial charge >= 0.3 is 0 Å². The highest BCUT2D eigenvalue weighted by Crippen LogP contribution is 2.42. The van der Waals surface area contributed by atoms with Crippen LogP contribution in [0.4, 0.5) is 5.95 Å². The van der Waals surface area contributed by atoms with Crippen LogP contribution in [0, 0.1) is 12.8 Å². The van der Waals surface area contributed by atoms with Gasteiger partial charge in [-0.15, -0.1) is 0 Å². The van der Waals surface area contributed by atoms with Crippen molar-refractivity contribution in [3.63, 3.8) is 0 Å². The van der Waals surface area contributed by atoms with E-state index in [0.29, 0.717) is 24.1 Å². The van der Waals surface area contributed by atoms with Crippen molar-refractivity contribution in [2.45, 2.75) is 32.7 Å². The second-order valence-electron chi connectivity index (χ2n) is 7.77. The summed E-state index contributed by atoms with van der Waals surface area (Å²) in [6, 6.07) is 17.2. The minimum atomic E-state index is -0.304. The van der Waals surface area contributed by atoms with E-state index >= 15 is 0 Å². The molecule has 1 aliphatic heterocycles. The number of hydrogen-bond donors (Lipinski definition) is 1. The highest BCUT2D eigenvalue weighted by atomic mass is 16.5. The molecule has 2 atom stereocenters. The monoisotopic (exact) mass is 386 g/mol. The number of nitrogens with zero attached hydrogens (tertiary/aromatic N) is 3. The number of rotatable bonds is 3. The molecule has 0 spiro atoms. The van der Waals surface area contributed by atoms with Gasteiger partial charge in [-0.25, -0.2) is 4.68 Å². The number of aromatic nitrogens is 3. The topological polar surface area (TPSA) is 69.0 Å². The zero-order chi connectivity index (χ0) is 20.0. The Morgan fingerprint density at radius 3 is 2.69 bits per heavy atom. The Morgan fingerprint density at radius 1 is 1.07 bits per heavy atom. The fourth-order valence-corrected chi connectivity index (χ4v) is 4.19. The van der Waals surface area contributed by atoms with Crippen molar-refractivity contribution in [2.75, 3.05) is 5.32 Å². The SMILES string of the molecule is Cc1nc2n(n1)[C@H](c1cccc(Oc3ccccc3)c1)C1=C(C[C@@H](C)CC1=O)N2. The molecular formula is C23H22N4O2. The van der Waals surface area contributed by atoms with Crippen molar-refractivity contribution < 1.29 is 9.53 Å². The second-order valence-corrected chi connectivity index (χ2v) is 7.77. The summed E-state index contributed by atoms with van der Waals surface area (Å²) in [7, 11) is 0. The number of para-hydroxylation sites is 1. The quantitative estimate of drug-likeness (QED) is 0.710. The Bertz CT molecular complexity index is 1120. The van der Waals surface area contributed by atoms with Crippen molar-refractivity contribution in [3.05, 3.63) is 77.3 Å². The Morgan fingerprint density at radius 2 is 1.86 bits per heavy atom. The Hall–Kier alpha value is -3.41. The normalized spacial score (nSPS) is 20.7. The van der Waals surface area contributed by atoms with E-state index in [9.17, 15) is 4.79 Å². The van der Waals surface area contributed by atoms with Crippen molar-refractivity contribution >= 4 is 11.7 Å². The molecule has 5 rings (SSSR count). The third kappa shape index (κ3) is 3.20. The summed E-state index contributed by atoms with van der Waals surface area (Å²) >= 11 is 0.